The number of amides is 1. The molecule has 0 saturated carbocycles. The largest absolute Gasteiger partial charge is 0.449 e. The molecule has 0 aliphatic carbocycles. The number of benzene rings is 1. The van der Waals surface area contributed by atoms with Crippen molar-refractivity contribution in [2.75, 3.05) is 6.54 Å². The molecule has 2 rings (SSSR count). The SMILES string of the molecule is CC[C@H](CNC(=O)[C@H](C)OC(=O)c1c(C)noc1C)c1ccccc1. The third-order valence-corrected chi connectivity index (χ3v) is 4.18. The molecule has 134 valence electrons. The van der Waals surface area contributed by atoms with Crippen LogP contribution in [-0.4, -0.2) is 29.7 Å². The summed E-state index contributed by atoms with van der Waals surface area (Å²) in [5, 5.41) is 6.57. The van der Waals surface area contributed by atoms with E-state index in [1.807, 2.05) is 30.3 Å². The van der Waals surface area contributed by atoms with Gasteiger partial charge < -0.3 is 14.6 Å². The Labute approximate surface area is 147 Å². The van der Waals surface area contributed by atoms with Crippen LogP contribution in [0.5, 0.6) is 0 Å². The molecule has 25 heavy (non-hydrogen) atoms. The lowest BCUT2D eigenvalue weighted by molar-refractivity contribution is -0.129. The van der Waals surface area contributed by atoms with Crippen molar-refractivity contribution in [3.05, 3.63) is 52.9 Å². The quantitative estimate of drug-likeness (QED) is 0.780. The molecule has 2 aromatic rings. The van der Waals surface area contributed by atoms with Gasteiger partial charge in [-0.05, 0) is 32.8 Å². The summed E-state index contributed by atoms with van der Waals surface area (Å²) in [7, 11) is 0. The van der Waals surface area contributed by atoms with Gasteiger partial charge in [0, 0.05) is 12.5 Å². The molecular weight excluding hydrogens is 320 g/mol. The lowest BCUT2D eigenvalue weighted by Gasteiger charge is -2.18. The van der Waals surface area contributed by atoms with Gasteiger partial charge in [-0.2, -0.15) is 0 Å². The summed E-state index contributed by atoms with van der Waals surface area (Å²) in [4.78, 5) is 24.4. The van der Waals surface area contributed by atoms with Gasteiger partial charge in [0.1, 0.15) is 11.3 Å². The number of nitrogens with one attached hydrogen (secondary N) is 1. The lowest BCUT2D eigenvalue weighted by atomic mass is 9.96. The van der Waals surface area contributed by atoms with Gasteiger partial charge in [0.15, 0.2) is 6.10 Å². The molecule has 0 spiro atoms. The Kier molecular flexibility index (Phi) is 6.33. The highest BCUT2D eigenvalue weighted by atomic mass is 16.5. The molecule has 0 aliphatic rings. The van der Waals surface area contributed by atoms with E-state index >= 15 is 0 Å². The third-order valence-electron chi connectivity index (χ3n) is 4.18. The van der Waals surface area contributed by atoms with E-state index in [2.05, 4.69) is 17.4 Å². The molecule has 2 atom stereocenters. The van der Waals surface area contributed by atoms with Gasteiger partial charge in [-0.25, -0.2) is 4.79 Å². The topological polar surface area (TPSA) is 81.4 Å². The number of hydrogen-bond donors (Lipinski definition) is 1. The number of hydrogen-bond acceptors (Lipinski definition) is 5. The van der Waals surface area contributed by atoms with Crippen LogP contribution >= 0.6 is 0 Å². The van der Waals surface area contributed by atoms with Gasteiger partial charge in [-0.3, -0.25) is 4.79 Å². The van der Waals surface area contributed by atoms with Gasteiger partial charge in [0.25, 0.3) is 5.91 Å². The van der Waals surface area contributed by atoms with Crippen LogP contribution in [0, 0.1) is 13.8 Å². The summed E-state index contributed by atoms with van der Waals surface area (Å²) in [6.07, 6.45) is 0.00634. The Hall–Kier alpha value is -2.63. The summed E-state index contributed by atoms with van der Waals surface area (Å²) in [5.74, 6) is -0.329. The number of esters is 1. The molecule has 0 unspecified atom stereocenters. The summed E-state index contributed by atoms with van der Waals surface area (Å²) in [5.41, 5.74) is 1.89. The maximum absolute atomic E-state index is 12.2. The van der Waals surface area contributed by atoms with Crippen LogP contribution in [0.1, 0.15) is 53.6 Å². The van der Waals surface area contributed by atoms with Crippen molar-refractivity contribution >= 4 is 11.9 Å². The Morgan fingerprint density at radius 3 is 2.48 bits per heavy atom. The molecule has 1 aromatic carbocycles. The Morgan fingerprint density at radius 2 is 1.92 bits per heavy atom. The number of carbonyl (C=O) groups is 2. The zero-order valence-electron chi connectivity index (χ0n) is 15.0. The normalized spacial score (nSPS) is 13.1. The molecule has 0 radical (unpaired) electrons. The Morgan fingerprint density at radius 1 is 1.24 bits per heavy atom. The predicted octanol–water partition coefficient (Wildman–Crippen LogP) is 3.15. The summed E-state index contributed by atoms with van der Waals surface area (Å²) < 4.78 is 10.2. The smallest absolute Gasteiger partial charge is 0.344 e. The first-order chi connectivity index (χ1) is 11.9. The number of rotatable bonds is 7. The predicted molar refractivity (Wildman–Crippen MR) is 93.3 cm³/mol. The Bertz CT molecular complexity index is 705. The molecule has 1 N–H and O–H groups in total. The third kappa shape index (κ3) is 4.68. The van der Waals surface area contributed by atoms with Gasteiger partial charge in [-0.1, -0.05) is 42.4 Å². The van der Waals surface area contributed by atoms with E-state index in [4.69, 9.17) is 9.26 Å². The van der Waals surface area contributed by atoms with E-state index in [-0.39, 0.29) is 17.4 Å². The summed E-state index contributed by atoms with van der Waals surface area (Å²) >= 11 is 0. The lowest BCUT2D eigenvalue weighted by Crippen LogP contribution is -2.38. The minimum absolute atomic E-state index is 0.218. The minimum Gasteiger partial charge on any atom is -0.449 e. The fourth-order valence-corrected chi connectivity index (χ4v) is 2.64. The van der Waals surface area contributed by atoms with Crippen molar-refractivity contribution in [1.29, 1.82) is 0 Å². The van der Waals surface area contributed by atoms with Crippen LogP contribution in [0.25, 0.3) is 0 Å². The summed E-state index contributed by atoms with van der Waals surface area (Å²) in [6, 6.07) is 10.0. The first-order valence-electron chi connectivity index (χ1n) is 8.40. The molecule has 0 fully saturated rings. The highest BCUT2D eigenvalue weighted by molar-refractivity contribution is 5.93. The second-order valence-corrected chi connectivity index (χ2v) is 6.01. The van der Waals surface area contributed by atoms with Crippen molar-refractivity contribution < 1.29 is 18.8 Å². The van der Waals surface area contributed by atoms with E-state index < -0.39 is 12.1 Å². The standard InChI is InChI=1S/C19H24N2O4/c1-5-15(16-9-7-6-8-10-16)11-20-18(22)14(4)24-19(23)17-12(2)21-25-13(17)3/h6-10,14-15H,5,11H2,1-4H3,(H,20,22)/t14-,15+/m0/s1. The second kappa shape index (κ2) is 8.46. The van der Waals surface area contributed by atoms with Crippen LogP contribution < -0.4 is 5.32 Å². The second-order valence-electron chi connectivity index (χ2n) is 6.01. The zero-order valence-corrected chi connectivity index (χ0v) is 15.0. The first kappa shape index (κ1) is 18.7. The number of aryl methyl sites for hydroxylation is 2. The number of ether oxygens (including phenoxy) is 1. The number of carbonyl (C=O) groups excluding carboxylic acids is 2. The Balaban J connectivity index is 1.91. The van der Waals surface area contributed by atoms with Crippen LogP contribution in [0.2, 0.25) is 0 Å². The van der Waals surface area contributed by atoms with Gasteiger partial charge >= 0.3 is 5.97 Å². The van der Waals surface area contributed by atoms with E-state index in [9.17, 15) is 9.59 Å². The summed E-state index contributed by atoms with van der Waals surface area (Å²) in [6.45, 7) is 7.41. The van der Waals surface area contributed by atoms with Crippen molar-refractivity contribution in [1.82, 2.24) is 10.5 Å². The molecule has 1 aromatic heterocycles. The highest BCUT2D eigenvalue weighted by Crippen LogP contribution is 2.18. The number of aromatic nitrogens is 1. The van der Waals surface area contributed by atoms with Gasteiger partial charge in [0.2, 0.25) is 0 Å². The van der Waals surface area contributed by atoms with E-state index in [1.54, 1.807) is 20.8 Å². The molecule has 0 saturated heterocycles. The van der Waals surface area contributed by atoms with Crippen molar-refractivity contribution in [3.63, 3.8) is 0 Å². The molecule has 1 heterocycles. The fourth-order valence-electron chi connectivity index (χ4n) is 2.64. The van der Waals surface area contributed by atoms with E-state index in [0.29, 0.717) is 18.0 Å². The maximum atomic E-state index is 12.2. The molecule has 6 heteroatoms. The van der Waals surface area contributed by atoms with Crippen molar-refractivity contribution in [2.45, 2.75) is 46.1 Å². The van der Waals surface area contributed by atoms with Gasteiger partial charge in [0.05, 0.1) is 5.69 Å². The fraction of sp³-hybridized carbons (Fsp3) is 0.421. The monoisotopic (exact) mass is 344 g/mol. The van der Waals surface area contributed by atoms with Crippen LogP contribution in [-0.2, 0) is 9.53 Å². The van der Waals surface area contributed by atoms with Crippen LogP contribution in [0.15, 0.2) is 34.9 Å². The first-order valence-corrected chi connectivity index (χ1v) is 8.40. The van der Waals surface area contributed by atoms with Crippen LogP contribution in [0.3, 0.4) is 0 Å². The van der Waals surface area contributed by atoms with Gasteiger partial charge in [-0.15, -0.1) is 0 Å². The average molecular weight is 344 g/mol. The van der Waals surface area contributed by atoms with Crippen molar-refractivity contribution in [3.8, 4) is 0 Å². The van der Waals surface area contributed by atoms with E-state index in [1.165, 1.54) is 5.56 Å². The molecule has 6 nitrogen and oxygen atoms in total. The number of nitrogens with zero attached hydrogens (tertiary/aromatic N) is 1. The van der Waals surface area contributed by atoms with Crippen LogP contribution in [0.4, 0.5) is 0 Å². The minimum atomic E-state index is -0.894. The van der Waals surface area contributed by atoms with Crippen molar-refractivity contribution in [2.24, 2.45) is 0 Å². The molecular formula is C19H24N2O4. The zero-order chi connectivity index (χ0) is 18.4. The molecule has 0 bridgehead atoms. The molecule has 1 amide bonds. The highest BCUT2D eigenvalue weighted by Gasteiger charge is 2.24. The molecule has 0 aliphatic heterocycles. The average Bonchev–Trinajstić information content (AvgIpc) is 2.94. The maximum Gasteiger partial charge on any atom is 0.344 e. The van der Waals surface area contributed by atoms with E-state index in [0.717, 1.165) is 6.42 Å².